The van der Waals surface area contributed by atoms with E-state index in [1.807, 2.05) is 0 Å². The van der Waals surface area contributed by atoms with Crippen LogP contribution in [0.2, 0.25) is 5.15 Å². The molecule has 4 heteroatoms. The fourth-order valence-corrected chi connectivity index (χ4v) is 0.709. The predicted octanol–water partition coefficient (Wildman–Crippen LogP) is 1.43. The molecule has 0 aliphatic carbocycles. The van der Waals surface area contributed by atoms with Gasteiger partial charge in [-0.15, -0.1) is 0 Å². The van der Waals surface area contributed by atoms with Crippen molar-refractivity contribution >= 4 is 17.6 Å². The predicted molar refractivity (Wildman–Crippen MR) is 36.2 cm³/mol. The van der Waals surface area contributed by atoms with E-state index in [2.05, 4.69) is 4.98 Å². The molecule has 0 aliphatic heterocycles. The number of rotatable bonds is 1. The Morgan fingerprint density at radius 2 is 2.60 bits per heavy atom. The maximum atomic E-state index is 10.3. The standard InChI is InChI=1S/C6H4ClNO2/c7-5-3-4(6(9)10)1-2-8-5/h1-3H,(H,9,10)/i2+2,5+2. The second kappa shape index (κ2) is 2.66. The monoisotopic (exact) mass is 161 g/mol. The van der Waals surface area contributed by atoms with Gasteiger partial charge in [-0.2, -0.15) is 0 Å². The van der Waals surface area contributed by atoms with Crippen LogP contribution in [-0.4, -0.2) is 16.1 Å². The second-order valence-electron chi connectivity index (χ2n) is 1.67. The lowest BCUT2D eigenvalue weighted by molar-refractivity contribution is 0.0697. The number of halogens is 1. The Labute approximate surface area is 62.3 Å². The summed E-state index contributed by atoms with van der Waals surface area (Å²) in [5.41, 5.74) is 0.153. The highest BCUT2D eigenvalue weighted by Gasteiger charge is 2.01. The quantitative estimate of drug-likeness (QED) is 0.634. The number of carbonyl (C=O) groups is 1. The largest absolute Gasteiger partial charge is 0.478 e. The Kier molecular flexibility index (Phi) is 1.87. The lowest BCUT2D eigenvalue weighted by atomic mass is 10.4. The minimum atomic E-state index is -0.996. The zero-order chi connectivity index (χ0) is 7.56. The highest BCUT2D eigenvalue weighted by Crippen LogP contribution is 2.05. The topological polar surface area (TPSA) is 50.2 Å². The molecule has 0 amide bonds. The van der Waals surface area contributed by atoms with Crippen LogP contribution in [0.25, 0.3) is 0 Å². The van der Waals surface area contributed by atoms with Crippen LogP contribution in [0.5, 0.6) is 0 Å². The lowest BCUT2D eigenvalue weighted by Crippen LogP contribution is -1.95. The molecule has 0 bridgehead atoms. The van der Waals surface area contributed by atoms with Crippen LogP contribution in [0.1, 0.15) is 10.4 Å². The molecule has 1 rings (SSSR count). The lowest BCUT2D eigenvalue weighted by Gasteiger charge is -1.91. The van der Waals surface area contributed by atoms with Gasteiger partial charge in [0.15, 0.2) is 0 Å². The summed E-state index contributed by atoms with van der Waals surface area (Å²) < 4.78 is 0. The van der Waals surface area contributed by atoms with Crippen molar-refractivity contribution in [2.75, 3.05) is 0 Å². The van der Waals surface area contributed by atoms with Crippen LogP contribution in [0, 0.1) is 0 Å². The molecule has 10 heavy (non-hydrogen) atoms. The Morgan fingerprint density at radius 3 is 3.00 bits per heavy atom. The highest BCUT2D eigenvalue weighted by atomic mass is 35.5. The van der Waals surface area contributed by atoms with Crippen molar-refractivity contribution in [3.05, 3.63) is 29.0 Å². The molecule has 0 aromatic carbocycles. The van der Waals surface area contributed by atoms with E-state index in [0.29, 0.717) is 0 Å². The van der Waals surface area contributed by atoms with Gasteiger partial charge < -0.3 is 5.11 Å². The number of aromatic carboxylic acids is 1. The Balaban J connectivity index is 3.07. The number of hydrogen-bond donors (Lipinski definition) is 1. The number of carboxylic acid groups (broad SMARTS) is 1. The zero-order valence-corrected chi connectivity index (χ0v) is 5.67. The molecule has 1 heterocycles. The van der Waals surface area contributed by atoms with Crippen molar-refractivity contribution in [3.8, 4) is 0 Å². The zero-order valence-electron chi connectivity index (χ0n) is 4.91. The van der Waals surface area contributed by atoms with Crippen LogP contribution in [0.4, 0.5) is 0 Å². The molecule has 0 saturated carbocycles. The van der Waals surface area contributed by atoms with Gasteiger partial charge in [-0.25, -0.2) is 9.78 Å². The van der Waals surface area contributed by atoms with Gasteiger partial charge in [0.1, 0.15) is 5.15 Å². The third-order valence-electron chi connectivity index (χ3n) is 0.974. The van der Waals surface area contributed by atoms with Crippen molar-refractivity contribution in [3.63, 3.8) is 0 Å². The summed E-state index contributed by atoms with van der Waals surface area (Å²) in [6, 6.07) is 2.68. The summed E-state index contributed by atoms with van der Waals surface area (Å²) in [7, 11) is 0. The van der Waals surface area contributed by atoms with Gasteiger partial charge in [0.25, 0.3) is 0 Å². The summed E-state index contributed by atoms with van der Waals surface area (Å²) >= 11 is 5.41. The molecular weight excluding hydrogens is 158 g/mol. The summed E-state index contributed by atoms with van der Waals surface area (Å²) in [4.78, 5) is 13.9. The number of aromatic nitrogens is 1. The van der Waals surface area contributed by atoms with Crippen molar-refractivity contribution < 1.29 is 9.90 Å². The normalized spacial score (nSPS) is 9.30. The highest BCUT2D eigenvalue weighted by molar-refractivity contribution is 6.29. The first-order valence-corrected chi connectivity index (χ1v) is 2.93. The van der Waals surface area contributed by atoms with Crippen LogP contribution in [0.3, 0.4) is 0 Å². The Bertz CT molecular complexity index is 262. The summed E-state index contributed by atoms with van der Waals surface area (Å²) in [6.45, 7) is 0. The van der Waals surface area contributed by atoms with Gasteiger partial charge in [-0.3, -0.25) is 0 Å². The van der Waals surface area contributed by atoms with E-state index in [9.17, 15) is 4.79 Å². The third-order valence-corrected chi connectivity index (χ3v) is 1.18. The molecule has 1 aromatic rings. The molecule has 0 fully saturated rings. The average molecular weight is 162 g/mol. The number of carboxylic acids is 1. The van der Waals surface area contributed by atoms with Crippen LogP contribution in [0.15, 0.2) is 18.3 Å². The molecule has 0 spiro atoms. The van der Waals surface area contributed by atoms with Crippen LogP contribution < -0.4 is 0 Å². The number of pyridine rings is 1. The van der Waals surface area contributed by atoms with E-state index < -0.39 is 5.97 Å². The number of nitrogens with zero attached hydrogens (tertiary/aromatic N) is 1. The van der Waals surface area contributed by atoms with E-state index in [0.717, 1.165) is 0 Å². The summed E-state index contributed by atoms with van der Waals surface area (Å²) in [5.74, 6) is -0.996. The van der Waals surface area contributed by atoms with E-state index in [1.54, 1.807) is 0 Å². The van der Waals surface area contributed by atoms with E-state index >= 15 is 0 Å². The molecular formula is C6H4ClNO2. The molecule has 0 unspecified atom stereocenters. The van der Waals surface area contributed by atoms with Crippen molar-refractivity contribution in [1.29, 1.82) is 0 Å². The molecule has 0 radical (unpaired) electrons. The molecule has 0 aliphatic rings. The second-order valence-corrected chi connectivity index (χ2v) is 2.06. The van der Waals surface area contributed by atoms with Crippen molar-refractivity contribution in [2.24, 2.45) is 0 Å². The fraction of sp³-hybridized carbons (Fsp3) is 0. The molecule has 52 valence electrons. The van der Waals surface area contributed by atoms with Crippen molar-refractivity contribution in [1.82, 2.24) is 4.98 Å². The van der Waals surface area contributed by atoms with Crippen molar-refractivity contribution in [2.45, 2.75) is 0 Å². The fourth-order valence-electron chi connectivity index (χ4n) is 0.535. The van der Waals surface area contributed by atoms with Gasteiger partial charge in [-0.1, -0.05) is 11.6 Å². The van der Waals surface area contributed by atoms with Crippen LogP contribution in [-0.2, 0) is 0 Å². The van der Waals surface area contributed by atoms with Gasteiger partial charge >= 0.3 is 5.97 Å². The Morgan fingerprint density at radius 1 is 1.90 bits per heavy atom. The SMILES string of the molecule is O=C(O)c1c[14cH]n[14c](Cl)c1. The first kappa shape index (κ1) is 7.02. The average Bonchev–Trinajstić information content (AvgIpc) is 1.88. The van der Waals surface area contributed by atoms with E-state index in [-0.39, 0.29) is 10.7 Å². The van der Waals surface area contributed by atoms with E-state index in [4.69, 9.17) is 16.7 Å². The number of hydrogen-bond acceptors (Lipinski definition) is 2. The molecule has 1 N–H and O–H groups in total. The van der Waals surface area contributed by atoms with E-state index in [1.165, 1.54) is 18.3 Å². The third kappa shape index (κ3) is 1.45. The first-order valence-electron chi connectivity index (χ1n) is 2.55. The molecule has 0 saturated heterocycles. The molecule has 3 nitrogen and oxygen atoms in total. The van der Waals surface area contributed by atoms with Gasteiger partial charge in [0, 0.05) is 6.20 Å². The smallest absolute Gasteiger partial charge is 0.335 e. The minimum Gasteiger partial charge on any atom is -0.478 e. The maximum Gasteiger partial charge on any atom is 0.335 e. The van der Waals surface area contributed by atoms with Gasteiger partial charge in [0.05, 0.1) is 5.56 Å². The summed E-state index contributed by atoms with van der Waals surface area (Å²) in [5, 5.41) is 8.62. The minimum absolute atomic E-state index is 0.153. The first-order chi connectivity index (χ1) is 4.70. The Hall–Kier alpha value is -1.09. The van der Waals surface area contributed by atoms with Gasteiger partial charge in [-0.05, 0) is 12.1 Å². The van der Waals surface area contributed by atoms with Gasteiger partial charge in [0.2, 0.25) is 0 Å². The maximum absolute atomic E-state index is 10.3. The van der Waals surface area contributed by atoms with Crippen LogP contribution >= 0.6 is 11.6 Å². The molecule has 0 atom stereocenters. The summed E-state index contributed by atoms with van der Waals surface area (Å²) in [6.07, 6.45) is 1.35. The molecule has 1 aromatic heterocycles.